The van der Waals surface area contributed by atoms with Crippen LogP contribution in [0.3, 0.4) is 0 Å². The van der Waals surface area contributed by atoms with Gasteiger partial charge in [0, 0.05) is 65.4 Å². The Kier molecular flexibility index (Phi) is 16.8. The van der Waals surface area contributed by atoms with Crippen molar-refractivity contribution in [1.29, 1.82) is 0 Å². The molecule has 0 unspecified atom stereocenters. The SMILES string of the molecule is Cc1ccc(S(=O)(=O)N2CCOCCN3CCOCCN(CCOCC2)CCOCCN(S(=O)(=O)c2ccc(C)cc2)CCOCC3)cc1. The largest absolute Gasteiger partial charge is 0.379 e. The van der Waals surface area contributed by atoms with Crippen molar-refractivity contribution in [2.75, 3.05) is 132 Å². The maximum atomic E-state index is 13.5. The summed E-state index contributed by atoms with van der Waals surface area (Å²) in [6.07, 6.45) is 0. The maximum Gasteiger partial charge on any atom is 0.243 e. The molecule has 0 saturated carbocycles. The number of aryl methyl sites for hydroxylation is 2. The van der Waals surface area contributed by atoms with Crippen LogP contribution >= 0.6 is 0 Å². The lowest BCUT2D eigenvalue weighted by Crippen LogP contribution is -2.40. The van der Waals surface area contributed by atoms with E-state index in [4.69, 9.17) is 23.7 Å². The fourth-order valence-electron chi connectivity index (χ4n) is 5.43. The van der Waals surface area contributed by atoms with Crippen molar-refractivity contribution < 1.29 is 40.5 Å². The Morgan fingerprint density at radius 1 is 0.388 bits per heavy atom. The first kappa shape index (κ1) is 39.8. The zero-order valence-electron chi connectivity index (χ0n) is 29.0. The minimum absolute atomic E-state index is 0.206. The van der Waals surface area contributed by atoms with Crippen molar-refractivity contribution >= 4 is 20.0 Å². The normalized spacial score (nSPS) is 23.9. The monoisotopic (exact) mass is 726 g/mol. The molecule has 276 valence electrons. The topological polar surface area (TPSA) is 127 Å². The highest BCUT2D eigenvalue weighted by Crippen LogP contribution is 2.18. The quantitative estimate of drug-likeness (QED) is 0.428. The van der Waals surface area contributed by atoms with E-state index >= 15 is 0 Å². The van der Waals surface area contributed by atoms with Crippen LogP contribution in [0.5, 0.6) is 0 Å². The van der Waals surface area contributed by atoms with Crippen LogP contribution in [0.1, 0.15) is 11.1 Å². The van der Waals surface area contributed by atoms with Crippen molar-refractivity contribution in [1.82, 2.24) is 18.4 Å². The molecule has 0 atom stereocenters. The van der Waals surface area contributed by atoms with Gasteiger partial charge in [0.1, 0.15) is 0 Å². The highest BCUT2D eigenvalue weighted by molar-refractivity contribution is 7.89. The van der Waals surface area contributed by atoms with Crippen LogP contribution in [-0.4, -0.2) is 167 Å². The van der Waals surface area contributed by atoms with E-state index in [9.17, 15) is 16.8 Å². The van der Waals surface area contributed by atoms with Crippen molar-refractivity contribution in [3.8, 4) is 0 Å². The van der Waals surface area contributed by atoms with E-state index in [1.807, 2.05) is 13.8 Å². The number of nitrogens with zero attached hydrogens (tertiary/aromatic N) is 4. The molecular weight excluding hydrogens is 673 g/mol. The van der Waals surface area contributed by atoms with Gasteiger partial charge in [-0.05, 0) is 38.1 Å². The summed E-state index contributed by atoms with van der Waals surface area (Å²) in [5.74, 6) is 0. The predicted molar refractivity (Wildman–Crippen MR) is 187 cm³/mol. The molecule has 2 heterocycles. The first-order chi connectivity index (χ1) is 23.7. The van der Waals surface area contributed by atoms with Gasteiger partial charge < -0.3 is 23.7 Å². The summed E-state index contributed by atoms with van der Waals surface area (Å²) in [6.45, 7) is 12.1. The Bertz CT molecular complexity index is 1310. The first-order valence-corrected chi connectivity index (χ1v) is 20.0. The van der Waals surface area contributed by atoms with Crippen LogP contribution in [0.2, 0.25) is 0 Å². The second-order valence-electron chi connectivity index (χ2n) is 12.2. The highest BCUT2D eigenvalue weighted by Gasteiger charge is 2.26. The van der Waals surface area contributed by atoms with Crippen molar-refractivity contribution in [2.45, 2.75) is 23.6 Å². The van der Waals surface area contributed by atoms with Crippen LogP contribution < -0.4 is 0 Å². The number of fused-ring (bicyclic) bond motifs is 6. The molecule has 13 nitrogen and oxygen atoms in total. The summed E-state index contributed by atoms with van der Waals surface area (Å²) in [6, 6.07) is 13.8. The number of rotatable bonds is 4. The van der Waals surface area contributed by atoms with Gasteiger partial charge in [0.05, 0.1) is 75.9 Å². The van der Waals surface area contributed by atoms with Crippen molar-refractivity contribution in [3.05, 3.63) is 59.7 Å². The molecule has 0 aromatic heterocycles. The summed E-state index contributed by atoms with van der Waals surface area (Å²) in [5.41, 5.74) is 1.98. The number of sulfonamides is 2. The molecule has 0 spiro atoms. The molecule has 2 aliphatic heterocycles. The molecule has 2 aromatic carbocycles. The minimum atomic E-state index is -3.73. The fourth-order valence-corrected chi connectivity index (χ4v) is 8.25. The minimum Gasteiger partial charge on any atom is -0.379 e. The number of hydrogen-bond acceptors (Lipinski definition) is 11. The third kappa shape index (κ3) is 13.2. The zero-order chi connectivity index (χ0) is 35.0. The lowest BCUT2D eigenvalue weighted by Gasteiger charge is -2.27. The summed E-state index contributed by atoms with van der Waals surface area (Å²) in [5, 5.41) is 0. The van der Waals surface area contributed by atoms with Gasteiger partial charge >= 0.3 is 0 Å². The summed E-state index contributed by atoms with van der Waals surface area (Å²) < 4.78 is 86.7. The molecule has 4 rings (SSSR count). The van der Waals surface area contributed by atoms with Crippen LogP contribution in [0, 0.1) is 13.8 Å². The lowest BCUT2D eigenvalue weighted by molar-refractivity contribution is 0.0261. The standard InChI is InChI=1S/C34H54N4O9S2/c1-31-3-7-33(8-4-31)48(39,40)37-17-27-44-23-13-35-11-21-43-22-12-36(14-24-45-28-18-37)16-26-47-30-20-38(19-29-46-25-15-35)49(41,42)34-9-5-32(2)6-10-34/h3-10H,11-30H2,1-2H3. The summed E-state index contributed by atoms with van der Waals surface area (Å²) in [7, 11) is -7.45. The molecule has 0 amide bonds. The van der Waals surface area contributed by atoms with Crippen LogP contribution in [0.25, 0.3) is 0 Å². The van der Waals surface area contributed by atoms with Crippen LogP contribution in [0.15, 0.2) is 58.3 Å². The Morgan fingerprint density at radius 3 is 0.857 bits per heavy atom. The molecule has 2 aromatic rings. The fraction of sp³-hybridized carbons (Fsp3) is 0.647. The third-order valence-electron chi connectivity index (χ3n) is 8.57. The highest BCUT2D eigenvalue weighted by atomic mass is 32.2. The number of ether oxygens (including phenoxy) is 5. The summed E-state index contributed by atoms with van der Waals surface area (Å²) in [4.78, 5) is 4.88. The average Bonchev–Trinajstić information content (AvgIpc) is 3.07. The van der Waals surface area contributed by atoms with Gasteiger partial charge in [0.25, 0.3) is 0 Å². The Labute approximate surface area is 293 Å². The van der Waals surface area contributed by atoms with Crippen LogP contribution in [0.4, 0.5) is 0 Å². The molecule has 2 fully saturated rings. The van der Waals surface area contributed by atoms with E-state index < -0.39 is 20.0 Å². The molecule has 0 N–H and O–H groups in total. The molecule has 0 aliphatic carbocycles. The summed E-state index contributed by atoms with van der Waals surface area (Å²) >= 11 is 0. The van der Waals surface area contributed by atoms with Crippen molar-refractivity contribution in [3.63, 3.8) is 0 Å². The van der Waals surface area contributed by atoms with E-state index in [0.29, 0.717) is 78.9 Å². The molecule has 2 aliphatic rings. The molecule has 2 saturated heterocycles. The molecule has 0 radical (unpaired) electrons. The predicted octanol–water partition coefficient (Wildman–Crippen LogP) is 1.70. The van der Waals surface area contributed by atoms with Gasteiger partial charge in [-0.3, -0.25) is 9.80 Å². The molecule has 15 heteroatoms. The van der Waals surface area contributed by atoms with E-state index in [0.717, 1.165) is 11.1 Å². The Balaban J connectivity index is 1.43. The first-order valence-electron chi connectivity index (χ1n) is 17.1. The lowest BCUT2D eigenvalue weighted by atomic mass is 10.2. The average molecular weight is 727 g/mol. The second kappa shape index (κ2) is 20.7. The van der Waals surface area contributed by atoms with Crippen LogP contribution in [-0.2, 0) is 43.7 Å². The zero-order valence-corrected chi connectivity index (χ0v) is 30.7. The van der Waals surface area contributed by atoms with Gasteiger partial charge in [-0.2, -0.15) is 8.61 Å². The number of hydrogen-bond donors (Lipinski definition) is 0. The van der Waals surface area contributed by atoms with Gasteiger partial charge in [-0.1, -0.05) is 35.4 Å². The van der Waals surface area contributed by atoms with Gasteiger partial charge in [-0.25, -0.2) is 16.8 Å². The van der Waals surface area contributed by atoms with E-state index in [1.54, 1.807) is 48.5 Å². The maximum absolute atomic E-state index is 13.5. The van der Waals surface area contributed by atoms with Crippen molar-refractivity contribution in [2.24, 2.45) is 0 Å². The van der Waals surface area contributed by atoms with E-state index in [2.05, 4.69) is 9.80 Å². The van der Waals surface area contributed by atoms with Gasteiger partial charge in [0.2, 0.25) is 20.0 Å². The van der Waals surface area contributed by atoms with E-state index in [1.165, 1.54) is 8.61 Å². The van der Waals surface area contributed by atoms with E-state index in [-0.39, 0.29) is 62.4 Å². The molecule has 2 bridgehead atoms. The Morgan fingerprint density at radius 2 is 0.612 bits per heavy atom. The van der Waals surface area contributed by atoms with Gasteiger partial charge in [0.15, 0.2) is 0 Å². The Hall–Kier alpha value is -2.02. The number of benzene rings is 2. The second-order valence-corrected chi connectivity index (χ2v) is 16.1. The van der Waals surface area contributed by atoms with Gasteiger partial charge in [-0.15, -0.1) is 0 Å². The smallest absolute Gasteiger partial charge is 0.243 e. The third-order valence-corrected chi connectivity index (χ3v) is 12.4. The molecule has 49 heavy (non-hydrogen) atoms. The molecular formula is C34H54N4O9S2.